The van der Waals surface area contributed by atoms with Gasteiger partial charge in [0.1, 0.15) is 24.2 Å². The molecule has 3 rings (SSSR count). The van der Waals surface area contributed by atoms with Gasteiger partial charge in [0.25, 0.3) is 10.0 Å². The molecule has 2 amide bonds. The van der Waals surface area contributed by atoms with E-state index in [1.54, 1.807) is 13.8 Å². The van der Waals surface area contributed by atoms with Gasteiger partial charge in [-0.25, -0.2) is 12.8 Å². The van der Waals surface area contributed by atoms with Crippen LogP contribution in [-0.2, 0) is 26.0 Å². The van der Waals surface area contributed by atoms with E-state index < -0.39 is 34.3 Å². The topological polar surface area (TPSA) is 96.0 Å². The van der Waals surface area contributed by atoms with Gasteiger partial charge in [0.15, 0.2) is 0 Å². The number of hydrogen-bond donors (Lipinski definition) is 1. The molecule has 1 atom stereocenters. The van der Waals surface area contributed by atoms with E-state index in [-0.39, 0.29) is 23.0 Å². The standard InChI is InChI=1S/C28H32FN3O5S/c1-4-30-28(34)21(2)31(19-18-22-8-6-5-7-9-22)27(33)20-32(24-12-10-23(29)11-13-24)38(35,36)26-16-14-25(37-3)15-17-26/h5-17,21H,4,18-20H2,1-3H3,(H,30,34). The van der Waals surface area contributed by atoms with Gasteiger partial charge in [-0.3, -0.25) is 13.9 Å². The number of methoxy groups -OCH3 is 1. The minimum atomic E-state index is -4.24. The predicted octanol–water partition coefficient (Wildman–Crippen LogP) is 3.63. The Hall–Kier alpha value is -3.92. The van der Waals surface area contributed by atoms with Crippen molar-refractivity contribution < 1.29 is 27.1 Å². The number of ether oxygens (including phenoxy) is 1. The minimum Gasteiger partial charge on any atom is -0.497 e. The maximum Gasteiger partial charge on any atom is 0.264 e. The molecule has 3 aromatic carbocycles. The SMILES string of the molecule is CCNC(=O)C(C)N(CCc1ccccc1)C(=O)CN(c1ccc(F)cc1)S(=O)(=O)c1ccc(OC)cc1. The number of amides is 2. The summed E-state index contributed by atoms with van der Waals surface area (Å²) in [5, 5.41) is 2.72. The molecule has 0 aliphatic rings. The van der Waals surface area contributed by atoms with Gasteiger partial charge in [-0.1, -0.05) is 30.3 Å². The second-order valence-corrected chi connectivity index (χ2v) is 10.4. The second kappa shape index (κ2) is 13.0. The van der Waals surface area contributed by atoms with Gasteiger partial charge in [0.05, 0.1) is 17.7 Å². The average molecular weight is 542 g/mol. The molecule has 1 unspecified atom stereocenters. The molecular weight excluding hydrogens is 509 g/mol. The lowest BCUT2D eigenvalue weighted by Gasteiger charge is -2.32. The van der Waals surface area contributed by atoms with E-state index in [0.29, 0.717) is 18.7 Å². The number of halogens is 1. The molecule has 0 saturated heterocycles. The van der Waals surface area contributed by atoms with Crippen molar-refractivity contribution in [2.45, 2.75) is 31.2 Å². The van der Waals surface area contributed by atoms with Crippen molar-refractivity contribution in [1.29, 1.82) is 0 Å². The maximum absolute atomic E-state index is 13.7. The molecule has 0 bridgehead atoms. The van der Waals surface area contributed by atoms with Crippen molar-refractivity contribution >= 4 is 27.5 Å². The van der Waals surface area contributed by atoms with Crippen molar-refractivity contribution in [2.24, 2.45) is 0 Å². The molecule has 202 valence electrons. The van der Waals surface area contributed by atoms with Gasteiger partial charge in [-0.15, -0.1) is 0 Å². The third-order valence-electron chi connectivity index (χ3n) is 6.04. The lowest BCUT2D eigenvalue weighted by atomic mass is 10.1. The highest BCUT2D eigenvalue weighted by molar-refractivity contribution is 7.92. The third-order valence-corrected chi connectivity index (χ3v) is 7.83. The van der Waals surface area contributed by atoms with E-state index in [4.69, 9.17) is 4.74 Å². The Labute approximate surface area is 223 Å². The smallest absolute Gasteiger partial charge is 0.264 e. The number of nitrogens with zero attached hydrogens (tertiary/aromatic N) is 2. The Balaban J connectivity index is 1.96. The average Bonchev–Trinajstić information content (AvgIpc) is 2.93. The van der Waals surface area contributed by atoms with Crippen molar-refractivity contribution in [3.63, 3.8) is 0 Å². The van der Waals surface area contributed by atoms with Crippen LogP contribution in [0.2, 0.25) is 0 Å². The summed E-state index contributed by atoms with van der Waals surface area (Å²) in [5.41, 5.74) is 1.08. The Bertz CT molecular complexity index is 1320. The van der Waals surface area contributed by atoms with Crippen LogP contribution in [0.5, 0.6) is 5.75 Å². The van der Waals surface area contributed by atoms with Crippen LogP contribution >= 0.6 is 0 Å². The Morgan fingerprint density at radius 2 is 1.61 bits per heavy atom. The van der Waals surface area contributed by atoms with Gasteiger partial charge >= 0.3 is 0 Å². The third kappa shape index (κ3) is 7.10. The highest BCUT2D eigenvalue weighted by atomic mass is 32.2. The summed E-state index contributed by atoms with van der Waals surface area (Å²) in [4.78, 5) is 27.7. The van der Waals surface area contributed by atoms with E-state index in [0.717, 1.165) is 22.0 Å². The van der Waals surface area contributed by atoms with Crippen molar-refractivity contribution in [3.05, 3.63) is 90.2 Å². The number of anilines is 1. The Morgan fingerprint density at radius 1 is 0.974 bits per heavy atom. The van der Waals surface area contributed by atoms with E-state index in [1.165, 1.54) is 48.4 Å². The maximum atomic E-state index is 13.7. The lowest BCUT2D eigenvalue weighted by Crippen LogP contribution is -2.52. The van der Waals surface area contributed by atoms with Crippen LogP contribution in [0.1, 0.15) is 19.4 Å². The molecule has 0 fully saturated rings. The predicted molar refractivity (Wildman–Crippen MR) is 144 cm³/mol. The van der Waals surface area contributed by atoms with Gasteiger partial charge in [0, 0.05) is 13.1 Å². The summed E-state index contributed by atoms with van der Waals surface area (Å²) < 4.78 is 47.1. The highest BCUT2D eigenvalue weighted by Gasteiger charge is 2.32. The van der Waals surface area contributed by atoms with Crippen LogP contribution < -0.4 is 14.4 Å². The summed E-state index contributed by atoms with van der Waals surface area (Å²) in [6, 6.07) is 19.2. The number of nitrogens with one attached hydrogen (secondary N) is 1. The number of sulfonamides is 1. The normalized spacial score (nSPS) is 11.9. The molecule has 0 aliphatic heterocycles. The van der Waals surface area contributed by atoms with Gasteiger partial charge in [-0.05, 0) is 74.4 Å². The van der Waals surface area contributed by atoms with E-state index in [1.807, 2.05) is 30.3 Å². The molecule has 0 spiro atoms. The summed E-state index contributed by atoms with van der Waals surface area (Å²) in [6.45, 7) is 3.38. The van der Waals surface area contributed by atoms with Crippen LogP contribution in [0.15, 0.2) is 83.8 Å². The molecule has 3 aromatic rings. The van der Waals surface area contributed by atoms with E-state index >= 15 is 0 Å². The summed E-state index contributed by atoms with van der Waals surface area (Å²) in [7, 11) is -2.77. The number of benzene rings is 3. The van der Waals surface area contributed by atoms with Crippen LogP contribution in [0.4, 0.5) is 10.1 Å². The molecule has 8 nitrogen and oxygen atoms in total. The zero-order valence-corrected chi connectivity index (χ0v) is 22.4. The number of rotatable bonds is 12. The summed E-state index contributed by atoms with van der Waals surface area (Å²) in [6.07, 6.45) is 0.470. The highest BCUT2D eigenvalue weighted by Crippen LogP contribution is 2.26. The monoisotopic (exact) mass is 541 g/mol. The van der Waals surface area contributed by atoms with Crippen LogP contribution in [0, 0.1) is 5.82 Å². The fourth-order valence-corrected chi connectivity index (χ4v) is 5.32. The first-order valence-corrected chi connectivity index (χ1v) is 13.6. The number of likely N-dealkylation sites (N-methyl/N-ethyl adjacent to an activating group) is 1. The number of carbonyl (C=O) groups is 2. The van der Waals surface area contributed by atoms with Crippen molar-refractivity contribution in [1.82, 2.24) is 10.2 Å². The van der Waals surface area contributed by atoms with Crippen LogP contribution in [-0.4, -0.2) is 57.9 Å². The fourth-order valence-electron chi connectivity index (χ4n) is 3.90. The van der Waals surface area contributed by atoms with Crippen molar-refractivity contribution in [2.75, 3.05) is 31.0 Å². The molecule has 1 N–H and O–H groups in total. The molecule has 10 heteroatoms. The zero-order chi connectivity index (χ0) is 27.7. The first-order valence-electron chi connectivity index (χ1n) is 12.2. The zero-order valence-electron chi connectivity index (χ0n) is 21.6. The summed E-state index contributed by atoms with van der Waals surface area (Å²) in [5.74, 6) is -0.992. The van der Waals surface area contributed by atoms with Crippen molar-refractivity contribution in [3.8, 4) is 5.75 Å². The Morgan fingerprint density at radius 3 is 2.18 bits per heavy atom. The molecule has 0 radical (unpaired) electrons. The van der Waals surface area contributed by atoms with Gasteiger partial charge < -0.3 is 15.0 Å². The molecule has 0 heterocycles. The number of hydrogen-bond acceptors (Lipinski definition) is 5. The minimum absolute atomic E-state index is 0.0666. The molecule has 0 aromatic heterocycles. The van der Waals surface area contributed by atoms with E-state index in [9.17, 15) is 22.4 Å². The molecule has 0 aliphatic carbocycles. The van der Waals surface area contributed by atoms with Crippen LogP contribution in [0.3, 0.4) is 0 Å². The van der Waals surface area contributed by atoms with E-state index in [2.05, 4.69) is 5.32 Å². The fraction of sp³-hybridized carbons (Fsp3) is 0.286. The first-order chi connectivity index (χ1) is 18.2. The van der Waals surface area contributed by atoms with Gasteiger partial charge in [-0.2, -0.15) is 0 Å². The lowest BCUT2D eigenvalue weighted by molar-refractivity contribution is -0.138. The first kappa shape index (κ1) is 28.6. The Kier molecular flexibility index (Phi) is 9.84. The van der Waals surface area contributed by atoms with Gasteiger partial charge in [0.2, 0.25) is 11.8 Å². The largest absolute Gasteiger partial charge is 0.497 e. The molecule has 0 saturated carbocycles. The molecule has 38 heavy (non-hydrogen) atoms. The number of carbonyl (C=O) groups excluding carboxylic acids is 2. The second-order valence-electron chi connectivity index (χ2n) is 8.56. The quantitative estimate of drug-likeness (QED) is 0.378. The molecular formula is C28H32FN3O5S. The van der Waals surface area contributed by atoms with Crippen LogP contribution in [0.25, 0.3) is 0 Å². The summed E-state index contributed by atoms with van der Waals surface area (Å²) >= 11 is 0.